The monoisotopic (exact) mass is 281 g/mol. The first-order valence-electron chi connectivity index (χ1n) is 8.19. The van der Waals surface area contributed by atoms with Gasteiger partial charge in [-0.25, -0.2) is 0 Å². The van der Waals surface area contributed by atoms with Gasteiger partial charge in [0, 0.05) is 12.1 Å². The molecule has 2 atom stereocenters. The molecule has 3 N–H and O–H groups in total. The van der Waals surface area contributed by atoms with Crippen LogP contribution in [0.3, 0.4) is 0 Å². The van der Waals surface area contributed by atoms with E-state index in [1.165, 1.54) is 32.1 Å². The molecule has 4 heteroatoms. The molecule has 0 heterocycles. The summed E-state index contributed by atoms with van der Waals surface area (Å²) in [6.07, 6.45) is 9.31. The lowest BCUT2D eigenvalue weighted by atomic mass is 9.77. The van der Waals surface area contributed by atoms with Gasteiger partial charge in [-0.1, -0.05) is 6.92 Å². The van der Waals surface area contributed by atoms with Crippen LogP contribution in [0.2, 0.25) is 0 Å². The molecule has 2 rings (SSSR count). The average molecular weight is 281 g/mol. The Kier molecular flexibility index (Phi) is 5.08. The van der Waals surface area contributed by atoms with Gasteiger partial charge in [0.2, 0.25) is 5.91 Å². The van der Waals surface area contributed by atoms with Crippen molar-refractivity contribution in [3.63, 3.8) is 0 Å². The minimum absolute atomic E-state index is 0.185. The Bertz CT molecular complexity index is 339. The van der Waals surface area contributed by atoms with Gasteiger partial charge >= 0.3 is 0 Å². The summed E-state index contributed by atoms with van der Waals surface area (Å²) in [4.78, 5) is 14.4. The Morgan fingerprint density at radius 2 is 1.85 bits per heavy atom. The molecule has 0 radical (unpaired) electrons. The van der Waals surface area contributed by atoms with E-state index in [4.69, 9.17) is 5.73 Å². The molecule has 0 bridgehead atoms. The third kappa shape index (κ3) is 3.17. The van der Waals surface area contributed by atoms with Crippen molar-refractivity contribution in [2.45, 2.75) is 75.9 Å². The molecule has 0 aliphatic heterocycles. The highest BCUT2D eigenvalue weighted by Gasteiger charge is 2.42. The van der Waals surface area contributed by atoms with E-state index in [1.54, 1.807) is 0 Å². The highest BCUT2D eigenvalue weighted by atomic mass is 16.1. The van der Waals surface area contributed by atoms with Crippen LogP contribution in [-0.4, -0.2) is 42.5 Å². The summed E-state index contributed by atoms with van der Waals surface area (Å²) < 4.78 is 0. The summed E-state index contributed by atoms with van der Waals surface area (Å²) in [5, 5.41) is 3.21. The SMILES string of the molecule is CNC1(C(N)=O)CCCC(N(C)C2CCC(C)CC2)C1. The minimum atomic E-state index is -0.487. The number of rotatable bonds is 4. The molecular weight excluding hydrogens is 250 g/mol. The van der Waals surface area contributed by atoms with Crippen molar-refractivity contribution in [2.24, 2.45) is 11.7 Å². The molecule has 116 valence electrons. The van der Waals surface area contributed by atoms with Gasteiger partial charge in [0.05, 0.1) is 5.54 Å². The number of nitrogens with one attached hydrogen (secondary N) is 1. The molecule has 0 aromatic carbocycles. The van der Waals surface area contributed by atoms with Gasteiger partial charge in [0.15, 0.2) is 0 Å². The molecule has 4 nitrogen and oxygen atoms in total. The van der Waals surface area contributed by atoms with Crippen LogP contribution < -0.4 is 11.1 Å². The van der Waals surface area contributed by atoms with Crippen molar-refractivity contribution in [1.29, 1.82) is 0 Å². The summed E-state index contributed by atoms with van der Waals surface area (Å²) in [5.41, 5.74) is 5.16. The molecule has 2 fully saturated rings. The number of carbonyl (C=O) groups is 1. The van der Waals surface area contributed by atoms with Crippen molar-refractivity contribution in [3.8, 4) is 0 Å². The van der Waals surface area contributed by atoms with E-state index in [0.29, 0.717) is 12.1 Å². The maximum atomic E-state index is 11.8. The van der Waals surface area contributed by atoms with Crippen molar-refractivity contribution < 1.29 is 4.79 Å². The number of hydrogen-bond donors (Lipinski definition) is 2. The third-order valence-corrected chi connectivity index (χ3v) is 5.81. The number of nitrogens with zero attached hydrogens (tertiary/aromatic N) is 1. The summed E-state index contributed by atoms with van der Waals surface area (Å²) in [7, 11) is 4.12. The molecular formula is C16H31N3O. The first-order chi connectivity index (χ1) is 9.48. The Balaban J connectivity index is 1.99. The molecule has 0 saturated heterocycles. The van der Waals surface area contributed by atoms with Crippen LogP contribution in [-0.2, 0) is 4.79 Å². The maximum absolute atomic E-state index is 11.8. The quantitative estimate of drug-likeness (QED) is 0.827. The van der Waals surface area contributed by atoms with Gasteiger partial charge in [0.25, 0.3) is 0 Å². The van der Waals surface area contributed by atoms with Gasteiger partial charge in [-0.2, -0.15) is 0 Å². The Morgan fingerprint density at radius 1 is 1.20 bits per heavy atom. The third-order valence-electron chi connectivity index (χ3n) is 5.81. The lowest BCUT2D eigenvalue weighted by molar-refractivity contribution is -0.126. The fraction of sp³-hybridized carbons (Fsp3) is 0.938. The van der Waals surface area contributed by atoms with Crippen molar-refractivity contribution in [2.75, 3.05) is 14.1 Å². The predicted molar refractivity (Wildman–Crippen MR) is 82.4 cm³/mol. The predicted octanol–water partition coefficient (Wildman–Crippen LogP) is 1.88. The van der Waals surface area contributed by atoms with Crippen LogP contribution in [0.25, 0.3) is 0 Å². The lowest BCUT2D eigenvalue weighted by Gasteiger charge is -2.45. The minimum Gasteiger partial charge on any atom is -0.368 e. The number of likely N-dealkylation sites (N-methyl/N-ethyl adjacent to an activating group) is 1. The van der Waals surface area contributed by atoms with Gasteiger partial charge in [-0.15, -0.1) is 0 Å². The standard InChI is InChI=1S/C16H31N3O/c1-12-6-8-13(9-7-12)19(3)14-5-4-10-16(11-14,18-2)15(17)20/h12-14,18H,4-11H2,1-3H3,(H2,17,20). The van der Waals surface area contributed by atoms with E-state index < -0.39 is 5.54 Å². The second kappa shape index (κ2) is 6.44. The number of amides is 1. The molecule has 20 heavy (non-hydrogen) atoms. The molecule has 2 saturated carbocycles. The van der Waals surface area contributed by atoms with Crippen LogP contribution in [0.1, 0.15) is 58.3 Å². The van der Waals surface area contributed by atoms with Gasteiger partial charge in [-0.3, -0.25) is 4.79 Å². The van der Waals surface area contributed by atoms with Crippen LogP contribution in [0.4, 0.5) is 0 Å². The summed E-state index contributed by atoms with van der Waals surface area (Å²) >= 11 is 0. The topological polar surface area (TPSA) is 58.4 Å². The van der Waals surface area contributed by atoms with E-state index in [1.807, 2.05) is 7.05 Å². The normalized spacial score (nSPS) is 38.9. The van der Waals surface area contributed by atoms with E-state index in [0.717, 1.165) is 25.2 Å². The molecule has 0 spiro atoms. The number of carbonyl (C=O) groups excluding carboxylic acids is 1. The second-order valence-corrected chi connectivity index (χ2v) is 7.03. The highest BCUT2D eigenvalue weighted by molar-refractivity contribution is 5.84. The molecule has 2 aliphatic rings. The van der Waals surface area contributed by atoms with Crippen LogP contribution in [0.5, 0.6) is 0 Å². The first-order valence-corrected chi connectivity index (χ1v) is 8.19. The van der Waals surface area contributed by atoms with Crippen LogP contribution in [0, 0.1) is 5.92 Å². The Labute approximate surface area is 123 Å². The van der Waals surface area contributed by atoms with Gasteiger partial charge < -0.3 is 16.0 Å². The second-order valence-electron chi connectivity index (χ2n) is 7.03. The van der Waals surface area contributed by atoms with Gasteiger partial charge in [0.1, 0.15) is 0 Å². The zero-order chi connectivity index (χ0) is 14.8. The smallest absolute Gasteiger partial charge is 0.237 e. The zero-order valence-corrected chi connectivity index (χ0v) is 13.3. The summed E-state index contributed by atoms with van der Waals surface area (Å²) in [6.45, 7) is 2.36. The molecule has 0 aromatic heterocycles. The Morgan fingerprint density at radius 3 is 2.40 bits per heavy atom. The fourth-order valence-electron chi connectivity index (χ4n) is 4.12. The van der Waals surface area contributed by atoms with Crippen molar-refractivity contribution >= 4 is 5.91 Å². The van der Waals surface area contributed by atoms with E-state index in [9.17, 15) is 4.79 Å². The van der Waals surface area contributed by atoms with Crippen LogP contribution in [0.15, 0.2) is 0 Å². The number of hydrogen-bond acceptors (Lipinski definition) is 3. The van der Waals surface area contributed by atoms with E-state index >= 15 is 0 Å². The molecule has 2 aliphatic carbocycles. The average Bonchev–Trinajstić information content (AvgIpc) is 2.47. The van der Waals surface area contributed by atoms with Crippen LogP contribution >= 0.6 is 0 Å². The lowest BCUT2D eigenvalue weighted by Crippen LogP contribution is -2.60. The largest absolute Gasteiger partial charge is 0.368 e. The molecule has 0 aromatic rings. The molecule has 1 amide bonds. The molecule has 2 unspecified atom stereocenters. The fourth-order valence-corrected chi connectivity index (χ4v) is 4.12. The van der Waals surface area contributed by atoms with Crippen molar-refractivity contribution in [3.05, 3.63) is 0 Å². The number of primary amides is 1. The highest BCUT2D eigenvalue weighted by Crippen LogP contribution is 2.34. The zero-order valence-electron chi connectivity index (χ0n) is 13.3. The number of nitrogens with two attached hydrogens (primary N) is 1. The summed E-state index contributed by atoms with van der Waals surface area (Å²) in [5.74, 6) is 0.698. The Hall–Kier alpha value is -0.610. The van der Waals surface area contributed by atoms with Gasteiger partial charge in [-0.05, 0) is 71.4 Å². The first kappa shape index (κ1) is 15.8. The van der Waals surface area contributed by atoms with E-state index in [-0.39, 0.29) is 5.91 Å². The van der Waals surface area contributed by atoms with Crippen molar-refractivity contribution in [1.82, 2.24) is 10.2 Å². The maximum Gasteiger partial charge on any atom is 0.237 e. The summed E-state index contributed by atoms with van der Waals surface area (Å²) in [6, 6.07) is 1.18. The van der Waals surface area contributed by atoms with E-state index in [2.05, 4.69) is 24.2 Å².